The van der Waals surface area contributed by atoms with Crippen LogP contribution < -0.4 is 0 Å². The Morgan fingerprint density at radius 3 is 2.62 bits per heavy atom. The molecule has 3 heteroatoms. The highest BCUT2D eigenvalue weighted by Gasteiger charge is 2.50. The van der Waals surface area contributed by atoms with Gasteiger partial charge in [0.05, 0.1) is 6.61 Å². The second-order valence-electron chi connectivity index (χ2n) is 4.03. The van der Waals surface area contributed by atoms with Gasteiger partial charge < -0.3 is 4.74 Å². The summed E-state index contributed by atoms with van der Waals surface area (Å²) in [4.78, 5) is 13.5. The van der Waals surface area contributed by atoms with Crippen LogP contribution in [0.2, 0.25) is 0 Å². The molecule has 1 heterocycles. The molecule has 0 amide bonds. The van der Waals surface area contributed by atoms with E-state index in [4.69, 9.17) is 4.74 Å². The SMILES string of the molecule is CCOC(=O)[C@@H]1[C@H](C)N1CC(C)C. The van der Waals surface area contributed by atoms with Crippen molar-refractivity contribution in [3.8, 4) is 0 Å². The van der Waals surface area contributed by atoms with Crippen molar-refractivity contribution in [1.82, 2.24) is 4.90 Å². The molecule has 13 heavy (non-hydrogen) atoms. The summed E-state index contributed by atoms with van der Waals surface area (Å²) in [6, 6.07) is 0.406. The molecule has 1 rings (SSSR count). The first kappa shape index (κ1) is 10.5. The molecule has 0 aromatic heterocycles. The Hall–Kier alpha value is -0.570. The van der Waals surface area contributed by atoms with E-state index in [0.29, 0.717) is 18.6 Å². The van der Waals surface area contributed by atoms with Crippen molar-refractivity contribution in [2.75, 3.05) is 13.2 Å². The highest BCUT2D eigenvalue weighted by atomic mass is 16.5. The van der Waals surface area contributed by atoms with E-state index in [-0.39, 0.29) is 12.0 Å². The van der Waals surface area contributed by atoms with E-state index in [1.54, 1.807) is 0 Å². The summed E-state index contributed by atoms with van der Waals surface area (Å²) < 4.78 is 4.97. The van der Waals surface area contributed by atoms with E-state index < -0.39 is 0 Å². The molecule has 1 aliphatic rings. The largest absolute Gasteiger partial charge is 0.465 e. The Bertz CT molecular complexity index is 191. The molecule has 76 valence electrons. The van der Waals surface area contributed by atoms with Crippen LogP contribution in [-0.4, -0.2) is 36.1 Å². The fourth-order valence-corrected chi connectivity index (χ4v) is 1.67. The van der Waals surface area contributed by atoms with Crippen molar-refractivity contribution in [3.63, 3.8) is 0 Å². The predicted octanol–water partition coefficient (Wildman–Crippen LogP) is 1.28. The third kappa shape index (κ3) is 2.44. The molecular formula is C10H19NO2. The Labute approximate surface area is 80.1 Å². The highest BCUT2D eigenvalue weighted by Crippen LogP contribution is 2.29. The molecule has 0 aromatic carbocycles. The first-order valence-electron chi connectivity index (χ1n) is 5.00. The molecule has 0 aromatic rings. The lowest BCUT2D eigenvalue weighted by molar-refractivity contribution is -0.143. The summed E-state index contributed by atoms with van der Waals surface area (Å²) in [7, 11) is 0. The summed E-state index contributed by atoms with van der Waals surface area (Å²) in [6.45, 7) is 9.71. The molecule has 1 fully saturated rings. The molecule has 0 saturated carbocycles. The number of hydrogen-bond donors (Lipinski definition) is 0. The Kier molecular flexibility index (Phi) is 3.31. The van der Waals surface area contributed by atoms with E-state index in [2.05, 4.69) is 25.7 Å². The van der Waals surface area contributed by atoms with Gasteiger partial charge in [0.1, 0.15) is 6.04 Å². The van der Waals surface area contributed by atoms with Gasteiger partial charge in [0.25, 0.3) is 0 Å². The van der Waals surface area contributed by atoms with Crippen molar-refractivity contribution in [1.29, 1.82) is 0 Å². The van der Waals surface area contributed by atoms with Crippen molar-refractivity contribution in [2.24, 2.45) is 5.92 Å². The fourth-order valence-electron chi connectivity index (χ4n) is 1.67. The lowest BCUT2D eigenvalue weighted by Crippen LogP contribution is -2.18. The number of esters is 1. The normalized spacial score (nSPS) is 31.9. The van der Waals surface area contributed by atoms with Crippen LogP contribution in [0, 0.1) is 5.92 Å². The van der Waals surface area contributed by atoms with Gasteiger partial charge >= 0.3 is 5.97 Å². The summed E-state index contributed by atoms with van der Waals surface area (Å²) in [5.74, 6) is 0.553. The van der Waals surface area contributed by atoms with E-state index in [1.165, 1.54) is 0 Å². The van der Waals surface area contributed by atoms with Crippen LogP contribution in [0.5, 0.6) is 0 Å². The lowest BCUT2D eigenvalue weighted by atomic mass is 10.2. The first-order chi connectivity index (χ1) is 6.07. The zero-order chi connectivity index (χ0) is 10.0. The zero-order valence-electron chi connectivity index (χ0n) is 8.91. The van der Waals surface area contributed by atoms with E-state index >= 15 is 0 Å². The van der Waals surface area contributed by atoms with Gasteiger partial charge in [0.15, 0.2) is 0 Å². The Balaban J connectivity index is 2.34. The third-order valence-electron chi connectivity index (χ3n) is 2.35. The van der Waals surface area contributed by atoms with E-state index in [9.17, 15) is 4.79 Å². The number of carbonyl (C=O) groups is 1. The second kappa shape index (κ2) is 4.09. The van der Waals surface area contributed by atoms with Crippen LogP contribution in [-0.2, 0) is 9.53 Å². The predicted molar refractivity (Wildman–Crippen MR) is 51.4 cm³/mol. The molecule has 1 saturated heterocycles. The minimum atomic E-state index is -0.0596. The zero-order valence-corrected chi connectivity index (χ0v) is 8.91. The minimum Gasteiger partial charge on any atom is -0.465 e. The monoisotopic (exact) mass is 185 g/mol. The van der Waals surface area contributed by atoms with Crippen molar-refractivity contribution >= 4 is 5.97 Å². The van der Waals surface area contributed by atoms with Gasteiger partial charge in [-0.25, -0.2) is 0 Å². The Morgan fingerprint density at radius 2 is 2.15 bits per heavy atom. The van der Waals surface area contributed by atoms with Gasteiger partial charge in [-0.1, -0.05) is 13.8 Å². The standard InChI is InChI=1S/C10H19NO2/c1-5-13-10(12)9-8(4)11(9)6-7(2)3/h7-9H,5-6H2,1-4H3/t8-,9-,11?/m0/s1. The van der Waals surface area contributed by atoms with E-state index in [1.807, 2.05) is 6.92 Å². The maximum atomic E-state index is 11.3. The molecule has 1 unspecified atom stereocenters. The number of hydrogen-bond acceptors (Lipinski definition) is 3. The number of carbonyl (C=O) groups excluding carboxylic acids is 1. The number of nitrogens with zero attached hydrogens (tertiary/aromatic N) is 1. The maximum absolute atomic E-state index is 11.3. The quantitative estimate of drug-likeness (QED) is 0.488. The molecule has 0 aliphatic carbocycles. The average Bonchev–Trinajstić information content (AvgIpc) is 2.61. The summed E-state index contributed by atoms with van der Waals surface area (Å²) in [5.41, 5.74) is 0. The van der Waals surface area contributed by atoms with Gasteiger partial charge in [-0.05, 0) is 19.8 Å². The summed E-state index contributed by atoms with van der Waals surface area (Å²) in [6.07, 6.45) is 0. The topological polar surface area (TPSA) is 29.3 Å². The maximum Gasteiger partial charge on any atom is 0.324 e. The number of rotatable bonds is 4. The van der Waals surface area contributed by atoms with Crippen LogP contribution in [0.3, 0.4) is 0 Å². The van der Waals surface area contributed by atoms with Gasteiger partial charge in [0.2, 0.25) is 0 Å². The highest BCUT2D eigenvalue weighted by molar-refractivity contribution is 5.80. The first-order valence-corrected chi connectivity index (χ1v) is 5.00. The third-order valence-corrected chi connectivity index (χ3v) is 2.35. The van der Waals surface area contributed by atoms with Crippen LogP contribution >= 0.6 is 0 Å². The van der Waals surface area contributed by atoms with E-state index in [0.717, 1.165) is 6.54 Å². The molecule has 3 nitrogen and oxygen atoms in total. The molecule has 0 spiro atoms. The lowest BCUT2D eigenvalue weighted by Gasteiger charge is -2.06. The molecule has 0 radical (unpaired) electrons. The van der Waals surface area contributed by atoms with Gasteiger partial charge in [0, 0.05) is 12.6 Å². The second-order valence-corrected chi connectivity index (χ2v) is 4.03. The van der Waals surface area contributed by atoms with Crippen LogP contribution in [0.15, 0.2) is 0 Å². The van der Waals surface area contributed by atoms with Crippen LogP contribution in [0.1, 0.15) is 27.7 Å². The van der Waals surface area contributed by atoms with Gasteiger partial charge in [-0.15, -0.1) is 0 Å². The van der Waals surface area contributed by atoms with Gasteiger partial charge in [-0.2, -0.15) is 0 Å². The minimum absolute atomic E-state index is 0.0300. The number of ether oxygens (including phenoxy) is 1. The van der Waals surface area contributed by atoms with Gasteiger partial charge in [-0.3, -0.25) is 9.69 Å². The molecule has 1 aliphatic heterocycles. The molecule has 0 bridgehead atoms. The molecule has 0 N–H and O–H groups in total. The summed E-state index contributed by atoms with van der Waals surface area (Å²) in [5, 5.41) is 0. The smallest absolute Gasteiger partial charge is 0.324 e. The molecule has 3 atom stereocenters. The molecular weight excluding hydrogens is 166 g/mol. The van der Waals surface area contributed by atoms with Crippen molar-refractivity contribution < 1.29 is 9.53 Å². The fraction of sp³-hybridized carbons (Fsp3) is 0.900. The van der Waals surface area contributed by atoms with Crippen molar-refractivity contribution in [2.45, 2.75) is 39.8 Å². The Morgan fingerprint density at radius 1 is 1.54 bits per heavy atom. The summed E-state index contributed by atoms with van der Waals surface area (Å²) >= 11 is 0. The van der Waals surface area contributed by atoms with Crippen molar-refractivity contribution in [3.05, 3.63) is 0 Å². The van der Waals surface area contributed by atoms with Crippen LogP contribution in [0.4, 0.5) is 0 Å². The van der Waals surface area contributed by atoms with Crippen LogP contribution in [0.25, 0.3) is 0 Å². The average molecular weight is 185 g/mol.